The van der Waals surface area contributed by atoms with E-state index in [1.807, 2.05) is 42.1 Å². The van der Waals surface area contributed by atoms with E-state index in [-0.39, 0.29) is 11.2 Å². The van der Waals surface area contributed by atoms with Gasteiger partial charge in [0.2, 0.25) is 0 Å². The van der Waals surface area contributed by atoms with E-state index < -0.39 is 0 Å². The molecule has 0 spiro atoms. The summed E-state index contributed by atoms with van der Waals surface area (Å²) < 4.78 is 0. The number of carbonyl (C=O) groups excluding carboxylic acids is 1. The molecular formula is C17H25NOS. The van der Waals surface area contributed by atoms with Crippen LogP contribution < -0.4 is 0 Å². The Morgan fingerprint density at radius 2 is 1.95 bits per heavy atom. The number of carbonyl (C=O) groups is 1. The topological polar surface area (TPSA) is 20.3 Å². The minimum atomic E-state index is -0.336. The van der Waals surface area contributed by atoms with Gasteiger partial charge in [0.25, 0.3) is 0 Å². The third kappa shape index (κ3) is 3.44. The van der Waals surface area contributed by atoms with Crippen molar-refractivity contribution in [3.05, 3.63) is 35.9 Å². The molecule has 0 saturated carbocycles. The fourth-order valence-electron chi connectivity index (χ4n) is 2.78. The molecule has 0 N–H and O–H groups in total. The molecule has 2 atom stereocenters. The van der Waals surface area contributed by atoms with Gasteiger partial charge in [-0.2, -0.15) is 11.8 Å². The number of rotatable bonds is 4. The average Bonchev–Trinajstić information content (AvgIpc) is 2.44. The summed E-state index contributed by atoms with van der Waals surface area (Å²) in [6.45, 7) is 10.6. The molecule has 1 aliphatic heterocycles. The van der Waals surface area contributed by atoms with E-state index >= 15 is 0 Å². The van der Waals surface area contributed by atoms with E-state index in [1.54, 1.807) is 0 Å². The van der Waals surface area contributed by atoms with Gasteiger partial charge in [-0.3, -0.25) is 9.69 Å². The lowest BCUT2D eigenvalue weighted by atomic mass is 9.83. The summed E-state index contributed by atoms with van der Waals surface area (Å²) in [4.78, 5) is 15.2. The lowest BCUT2D eigenvalue weighted by Crippen LogP contribution is -2.50. The predicted octanol–water partition coefficient (Wildman–Crippen LogP) is 3.72. The van der Waals surface area contributed by atoms with E-state index in [0.29, 0.717) is 11.3 Å². The minimum absolute atomic E-state index is 0.246. The summed E-state index contributed by atoms with van der Waals surface area (Å²) in [6.07, 6.45) is 0. The monoisotopic (exact) mass is 291 g/mol. The van der Waals surface area contributed by atoms with Crippen molar-refractivity contribution in [2.45, 2.75) is 39.0 Å². The Hall–Kier alpha value is -0.800. The van der Waals surface area contributed by atoms with Crippen LogP contribution in [0, 0.1) is 5.41 Å². The van der Waals surface area contributed by atoms with Crippen molar-refractivity contribution >= 4 is 17.5 Å². The molecule has 0 aliphatic carbocycles. The Morgan fingerprint density at radius 3 is 2.60 bits per heavy atom. The molecule has 1 heterocycles. The van der Waals surface area contributed by atoms with Gasteiger partial charge in [-0.1, -0.05) is 51.1 Å². The van der Waals surface area contributed by atoms with Gasteiger partial charge < -0.3 is 0 Å². The molecule has 20 heavy (non-hydrogen) atoms. The van der Waals surface area contributed by atoms with Gasteiger partial charge in [-0.25, -0.2) is 0 Å². The van der Waals surface area contributed by atoms with Crippen LogP contribution in [-0.2, 0) is 0 Å². The van der Waals surface area contributed by atoms with Gasteiger partial charge in [0.05, 0.1) is 0 Å². The van der Waals surface area contributed by atoms with E-state index in [4.69, 9.17) is 0 Å². The third-order valence-electron chi connectivity index (χ3n) is 4.26. The summed E-state index contributed by atoms with van der Waals surface area (Å²) in [5.41, 5.74) is 0.488. The Labute approximate surface area is 126 Å². The second-order valence-electron chi connectivity index (χ2n) is 6.37. The Balaban J connectivity index is 2.08. The van der Waals surface area contributed by atoms with Crippen molar-refractivity contribution in [2.24, 2.45) is 5.41 Å². The highest BCUT2D eigenvalue weighted by atomic mass is 32.2. The molecule has 1 aliphatic rings. The molecule has 0 aromatic heterocycles. The summed E-state index contributed by atoms with van der Waals surface area (Å²) in [5.74, 6) is 1.41. The zero-order valence-electron chi connectivity index (χ0n) is 12.9. The largest absolute Gasteiger partial charge is 0.298 e. The van der Waals surface area contributed by atoms with Crippen molar-refractivity contribution in [1.82, 2.24) is 4.90 Å². The number of nitrogens with zero attached hydrogens (tertiary/aromatic N) is 1. The first-order valence-corrected chi connectivity index (χ1v) is 8.42. The van der Waals surface area contributed by atoms with Gasteiger partial charge in [0.1, 0.15) is 0 Å². The fourth-order valence-corrected chi connectivity index (χ4v) is 3.94. The first-order valence-electron chi connectivity index (χ1n) is 7.37. The number of hydrogen-bond donors (Lipinski definition) is 0. The van der Waals surface area contributed by atoms with E-state index in [2.05, 4.69) is 32.6 Å². The smallest absolute Gasteiger partial charge is 0.169 e. The first-order chi connectivity index (χ1) is 9.42. The molecule has 0 bridgehead atoms. The fraction of sp³-hybridized carbons (Fsp3) is 0.588. The summed E-state index contributed by atoms with van der Waals surface area (Å²) in [7, 11) is 0. The standard InChI is InChI=1S/C17H25NOS/c1-13-14(2)20-11-10-18(13)12-17(3,4)16(19)15-8-6-5-7-9-15/h5-9,13-14H,10-12H2,1-4H3. The lowest BCUT2D eigenvalue weighted by Gasteiger charge is -2.41. The summed E-state index contributed by atoms with van der Waals surface area (Å²) in [5, 5.41) is 0.645. The maximum absolute atomic E-state index is 12.7. The van der Waals surface area contributed by atoms with Crippen LogP contribution in [0.4, 0.5) is 0 Å². The predicted molar refractivity (Wildman–Crippen MR) is 87.5 cm³/mol. The second kappa shape index (κ2) is 6.31. The third-order valence-corrected chi connectivity index (χ3v) is 5.60. The van der Waals surface area contributed by atoms with Crippen molar-refractivity contribution in [3.8, 4) is 0 Å². The van der Waals surface area contributed by atoms with Gasteiger partial charge in [0, 0.05) is 41.1 Å². The second-order valence-corrected chi connectivity index (χ2v) is 7.85. The SMILES string of the molecule is CC1SCCN(CC(C)(C)C(=O)c2ccccc2)C1C. The van der Waals surface area contributed by atoms with Crippen LogP contribution in [0.15, 0.2) is 30.3 Å². The molecule has 110 valence electrons. The molecule has 2 nitrogen and oxygen atoms in total. The van der Waals surface area contributed by atoms with Crippen LogP contribution in [-0.4, -0.2) is 40.8 Å². The summed E-state index contributed by atoms with van der Waals surface area (Å²) >= 11 is 2.03. The van der Waals surface area contributed by atoms with Crippen LogP contribution in [0.3, 0.4) is 0 Å². The molecule has 2 rings (SSSR count). The number of ketones is 1. The van der Waals surface area contributed by atoms with E-state index in [1.165, 1.54) is 5.75 Å². The normalized spacial score (nSPS) is 24.6. The van der Waals surface area contributed by atoms with Gasteiger partial charge in [0.15, 0.2) is 5.78 Å². The van der Waals surface area contributed by atoms with Crippen LogP contribution in [0.25, 0.3) is 0 Å². The molecule has 0 amide bonds. The molecule has 1 aromatic rings. The zero-order valence-corrected chi connectivity index (χ0v) is 13.7. The van der Waals surface area contributed by atoms with Gasteiger partial charge in [-0.05, 0) is 6.92 Å². The number of hydrogen-bond acceptors (Lipinski definition) is 3. The quantitative estimate of drug-likeness (QED) is 0.789. The van der Waals surface area contributed by atoms with E-state index in [9.17, 15) is 4.79 Å². The van der Waals surface area contributed by atoms with Crippen LogP contribution in [0.2, 0.25) is 0 Å². The minimum Gasteiger partial charge on any atom is -0.298 e. The Bertz CT molecular complexity index is 457. The highest BCUT2D eigenvalue weighted by Crippen LogP contribution is 2.29. The Morgan fingerprint density at radius 1 is 1.30 bits per heavy atom. The van der Waals surface area contributed by atoms with Crippen molar-refractivity contribution in [2.75, 3.05) is 18.8 Å². The maximum atomic E-state index is 12.7. The van der Waals surface area contributed by atoms with E-state index in [0.717, 1.165) is 18.7 Å². The maximum Gasteiger partial charge on any atom is 0.169 e. The molecule has 1 fully saturated rings. The van der Waals surface area contributed by atoms with Crippen LogP contribution in [0.5, 0.6) is 0 Å². The molecule has 1 saturated heterocycles. The van der Waals surface area contributed by atoms with Crippen LogP contribution in [0.1, 0.15) is 38.1 Å². The number of Topliss-reactive ketones (excluding diaryl/α,β-unsaturated/α-hetero) is 1. The Kier molecular flexibility index (Phi) is 4.92. The first kappa shape index (κ1) is 15.6. The number of benzene rings is 1. The van der Waals surface area contributed by atoms with Crippen molar-refractivity contribution in [1.29, 1.82) is 0 Å². The molecule has 2 unspecified atom stereocenters. The summed E-state index contributed by atoms with van der Waals surface area (Å²) in [6, 6.07) is 10.2. The number of thioether (sulfide) groups is 1. The average molecular weight is 291 g/mol. The molecule has 3 heteroatoms. The van der Waals surface area contributed by atoms with Gasteiger partial charge in [-0.15, -0.1) is 0 Å². The molecule has 1 aromatic carbocycles. The van der Waals surface area contributed by atoms with Gasteiger partial charge >= 0.3 is 0 Å². The van der Waals surface area contributed by atoms with Crippen molar-refractivity contribution in [3.63, 3.8) is 0 Å². The van der Waals surface area contributed by atoms with Crippen molar-refractivity contribution < 1.29 is 4.79 Å². The van der Waals surface area contributed by atoms with Crippen LogP contribution >= 0.6 is 11.8 Å². The molecular weight excluding hydrogens is 266 g/mol. The highest BCUT2D eigenvalue weighted by molar-refractivity contribution is 8.00. The zero-order chi connectivity index (χ0) is 14.8. The lowest BCUT2D eigenvalue weighted by molar-refractivity contribution is 0.0726. The molecule has 0 radical (unpaired) electrons. The highest BCUT2D eigenvalue weighted by Gasteiger charge is 2.34.